The minimum absolute atomic E-state index is 0.0157. The fourth-order valence-corrected chi connectivity index (χ4v) is 2.86. The van der Waals surface area contributed by atoms with Crippen molar-refractivity contribution >= 4 is 17.8 Å². The highest BCUT2D eigenvalue weighted by Gasteiger charge is 2.37. The topological polar surface area (TPSA) is 98.7 Å². The zero-order valence-corrected chi connectivity index (χ0v) is 14.8. The molecule has 0 bridgehead atoms. The molecule has 2 amide bonds. The average Bonchev–Trinajstić information content (AvgIpc) is 3.21. The smallest absolute Gasteiger partial charge is 0.317 e. The molecule has 0 unspecified atom stereocenters. The SMILES string of the molecule is CC(C)(C)C(=O)NCC(=O)NC1CC(N(CC(=O)O)CC2CC2)C1. The van der Waals surface area contributed by atoms with Gasteiger partial charge in [0.25, 0.3) is 0 Å². The minimum atomic E-state index is -0.798. The van der Waals surface area contributed by atoms with Crippen molar-refractivity contribution in [3.8, 4) is 0 Å². The number of carbonyl (C=O) groups excluding carboxylic acids is 2. The van der Waals surface area contributed by atoms with Gasteiger partial charge in [0, 0.05) is 24.0 Å². The molecule has 3 N–H and O–H groups in total. The third-order valence-corrected chi connectivity index (χ3v) is 4.61. The molecule has 2 aliphatic carbocycles. The maximum atomic E-state index is 11.9. The van der Waals surface area contributed by atoms with Crippen molar-refractivity contribution in [3.63, 3.8) is 0 Å². The summed E-state index contributed by atoms with van der Waals surface area (Å²) in [6, 6.07) is 0.306. The number of hydrogen-bond acceptors (Lipinski definition) is 4. The summed E-state index contributed by atoms with van der Waals surface area (Å²) in [5, 5.41) is 14.6. The van der Waals surface area contributed by atoms with Gasteiger partial charge in [-0.05, 0) is 31.6 Å². The van der Waals surface area contributed by atoms with Crippen LogP contribution in [0.5, 0.6) is 0 Å². The van der Waals surface area contributed by atoms with Crippen molar-refractivity contribution in [1.82, 2.24) is 15.5 Å². The predicted octanol–water partition coefficient (Wildman–Crippen LogP) is 0.593. The molecule has 0 radical (unpaired) electrons. The van der Waals surface area contributed by atoms with Crippen LogP contribution in [0.3, 0.4) is 0 Å². The lowest BCUT2D eigenvalue weighted by molar-refractivity contribution is -0.140. The van der Waals surface area contributed by atoms with Crippen LogP contribution in [-0.4, -0.2) is 59.5 Å². The molecular weight excluding hydrogens is 310 g/mol. The van der Waals surface area contributed by atoms with Crippen LogP contribution in [0.15, 0.2) is 0 Å². The summed E-state index contributed by atoms with van der Waals surface area (Å²) < 4.78 is 0. The second-order valence-corrected chi connectivity index (χ2v) is 8.09. The molecule has 0 spiro atoms. The maximum Gasteiger partial charge on any atom is 0.317 e. The van der Waals surface area contributed by atoms with Gasteiger partial charge in [-0.15, -0.1) is 0 Å². The summed E-state index contributed by atoms with van der Waals surface area (Å²) in [6.07, 6.45) is 3.94. The molecule has 2 fully saturated rings. The molecule has 0 heterocycles. The van der Waals surface area contributed by atoms with Crippen LogP contribution in [0, 0.1) is 11.3 Å². The lowest BCUT2D eigenvalue weighted by atomic mass is 9.85. The summed E-state index contributed by atoms with van der Waals surface area (Å²) in [5.74, 6) is -0.497. The highest BCUT2D eigenvalue weighted by atomic mass is 16.4. The third-order valence-electron chi connectivity index (χ3n) is 4.61. The van der Waals surface area contributed by atoms with E-state index in [1.807, 2.05) is 4.90 Å². The Morgan fingerprint density at radius 1 is 1.17 bits per heavy atom. The van der Waals surface area contributed by atoms with E-state index in [2.05, 4.69) is 10.6 Å². The second kappa shape index (κ2) is 7.51. The molecule has 2 saturated carbocycles. The lowest BCUT2D eigenvalue weighted by Gasteiger charge is -2.42. The van der Waals surface area contributed by atoms with Gasteiger partial charge in [0.1, 0.15) is 0 Å². The lowest BCUT2D eigenvalue weighted by Crippen LogP contribution is -2.56. The van der Waals surface area contributed by atoms with Crippen molar-refractivity contribution < 1.29 is 19.5 Å². The highest BCUT2D eigenvalue weighted by molar-refractivity contribution is 5.87. The number of aliphatic carboxylic acids is 1. The van der Waals surface area contributed by atoms with E-state index in [4.69, 9.17) is 5.11 Å². The van der Waals surface area contributed by atoms with E-state index in [9.17, 15) is 14.4 Å². The third kappa shape index (κ3) is 5.78. The Kier molecular flexibility index (Phi) is 5.85. The predicted molar refractivity (Wildman–Crippen MR) is 89.4 cm³/mol. The highest BCUT2D eigenvalue weighted by Crippen LogP contribution is 2.33. The summed E-state index contributed by atoms with van der Waals surface area (Å²) in [7, 11) is 0. The molecule has 0 aliphatic heterocycles. The maximum absolute atomic E-state index is 11.9. The van der Waals surface area contributed by atoms with E-state index in [1.165, 1.54) is 12.8 Å². The van der Waals surface area contributed by atoms with Crippen molar-refractivity contribution in [3.05, 3.63) is 0 Å². The quantitative estimate of drug-likeness (QED) is 0.601. The number of rotatable bonds is 8. The molecule has 0 aromatic heterocycles. The zero-order chi connectivity index (χ0) is 17.9. The summed E-state index contributed by atoms with van der Waals surface area (Å²) >= 11 is 0. The summed E-state index contributed by atoms with van der Waals surface area (Å²) in [5.41, 5.74) is -0.512. The Labute approximate surface area is 143 Å². The molecule has 0 aromatic carbocycles. The minimum Gasteiger partial charge on any atom is -0.480 e. The van der Waals surface area contributed by atoms with Gasteiger partial charge in [0.05, 0.1) is 13.1 Å². The molecule has 7 nitrogen and oxygen atoms in total. The molecule has 7 heteroatoms. The zero-order valence-electron chi connectivity index (χ0n) is 14.8. The van der Waals surface area contributed by atoms with Gasteiger partial charge in [-0.1, -0.05) is 20.8 Å². The number of hydrogen-bond donors (Lipinski definition) is 3. The monoisotopic (exact) mass is 339 g/mol. The van der Waals surface area contributed by atoms with Crippen LogP contribution < -0.4 is 10.6 Å². The van der Waals surface area contributed by atoms with Gasteiger partial charge in [-0.3, -0.25) is 19.3 Å². The van der Waals surface area contributed by atoms with Gasteiger partial charge in [0.15, 0.2) is 0 Å². The number of carboxylic acids is 1. The van der Waals surface area contributed by atoms with Crippen LogP contribution >= 0.6 is 0 Å². The van der Waals surface area contributed by atoms with E-state index >= 15 is 0 Å². The first-order chi connectivity index (χ1) is 11.1. The largest absolute Gasteiger partial charge is 0.480 e. The number of nitrogens with zero attached hydrogens (tertiary/aromatic N) is 1. The average molecular weight is 339 g/mol. The molecule has 24 heavy (non-hydrogen) atoms. The summed E-state index contributed by atoms with van der Waals surface area (Å²) in [6.45, 7) is 6.30. The Morgan fingerprint density at radius 2 is 1.79 bits per heavy atom. The van der Waals surface area contributed by atoms with Crippen LogP contribution in [-0.2, 0) is 14.4 Å². The number of amides is 2. The van der Waals surface area contributed by atoms with Crippen molar-refractivity contribution in [2.24, 2.45) is 11.3 Å². The van der Waals surface area contributed by atoms with Crippen LogP contribution in [0.25, 0.3) is 0 Å². The Hall–Kier alpha value is -1.63. The van der Waals surface area contributed by atoms with Gasteiger partial charge in [0.2, 0.25) is 11.8 Å². The van der Waals surface area contributed by atoms with Gasteiger partial charge < -0.3 is 15.7 Å². The first-order valence-electron chi connectivity index (χ1n) is 8.68. The number of carboxylic acid groups (broad SMARTS) is 1. The summed E-state index contributed by atoms with van der Waals surface area (Å²) in [4.78, 5) is 36.6. The molecule has 2 aliphatic rings. The van der Waals surface area contributed by atoms with E-state index in [-0.39, 0.29) is 37.0 Å². The first kappa shape index (κ1) is 18.7. The van der Waals surface area contributed by atoms with Crippen molar-refractivity contribution in [2.45, 2.75) is 58.5 Å². The molecular formula is C17H29N3O4. The van der Waals surface area contributed by atoms with Gasteiger partial charge >= 0.3 is 5.97 Å². The fourth-order valence-electron chi connectivity index (χ4n) is 2.86. The molecule has 0 aromatic rings. The van der Waals surface area contributed by atoms with Gasteiger partial charge in [-0.25, -0.2) is 0 Å². The Bertz CT molecular complexity index is 491. The number of nitrogens with one attached hydrogen (secondary N) is 2. The van der Waals surface area contributed by atoms with Crippen LogP contribution in [0.1, 0.15) is 46.5 Å². The van der Waals surface area contributed by atoms with E-state index < -0.39 is 11.4 Å². The van der Waals surface area contributed by atoms with E-state index in [0.29, 0.717) is 5.92 Å². The second-order valence-electron chi connectivity index (χ2n) is 8.09. The molecule has 136 valence electrons. The molecule has 0 saturated heterocycles. The molecule has 0 atom stereocenters. The van der Waals surface area contributed by atoms with Crippen LogP contribution in [0.4, 0.5) is 0 Å². The molecule has 2 rings (SSSR count). The van der Waals surface area contributed by atoms with E-state index in [1.54, 1.807) is 20.8 Å². The fraction of sp³-hybridized carbons (Fsp3) is 0.824. The van der Waals surface area contributed by atoms with Crippen molar-refractivity contribution in [2.75, 3.05) is 19.6 Å². The van der Waals surface area contributed by atoms with E-state index in [0.717, 1.165) is 19.4 Å². The standard InChI is InChI=1S/C17H29N3O4/c1-17(2,3)16(24)18-8-14(21)19-12-6-13(7-12)20(10-15(22)23)9-11-4-5-11/h11-13H,4-10H2,1-3H3,(H,18,24)(H,19,21)(H,22,23). The van der Waals surface area contributed by atoms with Crippen molar-refractivity contribution in [1.29, 1.82) is 0 Å². The normalized spacial score (nSPS) is 23.5. The Balaban J connectivity index is 1.68. The van der Waals surface area contributed by atoms with Crippen LogP contribution in [0.2, 0.25) is 0 Å². The van der Waals surface area contributed by atoms with Gasteiger partial charge in [-0.2, -0.15) is 0 Å². The first-order valence-corrected chi connectivity index (χ1v) is 8.68. The Morgan fingerprint density at radius 3 is 2.29 bits per heavy atom. The number of carbonyl (C=O) groups is 3.